The lowest BCUT2D eigenvalue weighted by molar-refractivity contribution is -0.140. The van der Waals surface area contributed by atoms with E-state index < -0.39 is 23.6 Å². The van der Waals surface area contributed by atoms with Gasteiger partial charge in [-0.05, 0) is 55.6 Å². The predicted octanol–water partition coefficient (Wildman–Crippen LogP) is 4.98. The van der Waals surface area contributed by atoms with Crippen LogP contribution in [0, 0.1) is 5.82 Å². The Kier molecular flexibility index (Phi) is 5.09. The van der Waals surface area contributed by atoms with Crippen LogP contribution >= 0.6 is 43.2 Å². The van der Waals surface area contributed by atoms with Crippen LogP contribution in [0.15, 0.2) is 31.8 Å². The molecule has 1 atom stereocenters. The minimum atomic E-state index is -4.76. The zero-order chi connectivity index (χ0) is 15.8. The predicted molar refractivity (Wildman–Crippen MR) is 80.3 cm³/mol. The van der Waals surface area contributed by atoms with E-state index in [9.17, 15) is 17.6 Å². The van der Waals surface area contributed by atoms with E-state index in [1.165, 1.54) is 17.4 Å². The average Bonchev–Trinajstić information content (AvgIpc) is 2.70. The third-order valence-corrected chi connectivity index (χ3v) is 5.18. The maximum Gasteiger partial charge on any atom is 0.419 e. The molecule has 114 valence electrons. The zero-order valence-corrected chi connectivity index (χ0v) is 14.1. The number of nitrogens with two attached hydrogens (primary N) is 1. The first-order valence-electron chi connectivity index (χ1n) is 5.51. The fourth-order valence-corrected chi connectivity index (χ4v) is 4.76. The summed E-state index contributed by atoms with van der Waals surface area (Å²) >= 11 is 7.98. The molecule has 1 aromatic carbocycles. The van der Waals surface area contributed by atoms with Gasteiger partial charge in [0.05, 0.1) is 19.2 Å². The molecule has 0 aliphatic rings. The molecular formula is C12H8Br2F4N2S. The lowest BCUT2D eigenvalue weighted by Crippen LogP contribution is -2.29. The summed E-state index contributed by atoms with van der Waals surface area (Å²) in [5, 5.41) is 0. The number of alkyl halides is 3. The minimum Gasteiger partial charge on any atom is -0.271 e. The highest BCUT2D eigenvalue weighted by atomic mass is 79.9. The van der Waals surface area contributed by atoms with Crippen LogP contribution in [-0.4, -0.2) is 0 Å². The molecule has 3 N–H and O–H groups in total. The second-order valence-electron chi connectivity index (χ2n) is 4.12. The number of benzene rings is 1. The highest BCUT2D eigenvalue weighted by Crippen LogP contribution is 2.39. The molecule has 1 unspecified atom stereocenters. The van der Waals surface area contributed by atoms with Gasteiger partial charge in [-0.2, -0.15) is 13.2 Å². The van der Waals surface area contributed by atoms with Gasteiger partial charge in [0.2, 0.25) is 0 Å². The molecule has 0 saturated carbocycles. The van der Waals surface area contributed by atoms with Crippen molar-refractivity contribution >= 4 is 43.2 Å². The Bertz CT molecular complexity index is 657. The number of rotatable bonds is 3. The second-order valence-corrected chi connectivity index (χ2v) is 7.87. The first-order chi connectivity index (χ1) is 9.74. The van der Waals surface area contributed by atoms with Crippen LogP contribution in [0.1, 0.15) is 22.7 Å². The Hall–Kier alpha value is -0.480. The van der Waals surface area contributed by atoms with E-state index in [1.807, 2.05) is 0 Å². The van der Waals surface area contributed by atoms with E-state index in [0.717, 1.165) is 19.7 Å². The van der Waals surface area contributed by atoms with E-state index in [2.05, 4.69) is 37.3 Å². The molecule has 1 aromatic heterocycles. The smallest absolute Gasteiger partial charge is 0.271 e. The van der Waals surface area contributed by atoms with Gasteiger partial charge in [0.15, 0.2) is 0 Å². The molecule has 0 aliphatic heterocycles. The third kappa shape index (κ3) is 3.65. The van der Waals surface area contributed by atoms with Crippen LogP contribution in [0.5, 0.6) is 0 Å². The number of hydrogen-bond donors (Lipinski definition) is 2. The van der Waals surface area contributed by atoms with Crippen molar-refractivity contribution in [1.29, 1.82) is 0 Å². The Morgan fingerprint density at radius 2 is 1.86 bits per heavy atom. The van der Waals surface area contributed by atoms with Gasteiger partial charge in [0, 0.05) is 5.56 Å². The SMILES string of the molecule is NNC(c1ccc(F)c(C(F)(F)F)c1)c1cc(Br)sc1Br. The van der Waals surface area contributed by atoms with Crippen LogP contribution in [0.4, 0.5) is 17.6 Å². The van der Waals surface area contributed by atoms with Crippen molar-refractivity contribution in [3.8, 4) is 0 Å². The second kappa shape index (κ2) is 6.33. The summed E-state index contributed by atoms with van der Waals surface area (Å²) in [4.78, 5) is 0. The van der Waals surface area contributed by atoms with Gasteiger partial charge in [-0.15, -0.1) is 11.3 Å². The Morgan fingerprint density at radius 3 is 2.33 bits per heavy atom. The zero-order valence-electron chi connectivity index (χ0n) is 10.1. The van der Waals surface area contributed by atoms with Crippen molar-refractivity contribution < 1.29 is 17.6 Å². The molecule has 0 radical (unpaired) electrons. The van der Waals surface area contributed by atoms with Crippen molar-refractivity contribution in [2.45, 2.75) is 12.2 Å². The summed E-state index contributed by atoms with van der Waals surface area (Å²) in [6, 6.07) is 3.86. The van der Waals surface area contributed by atoms with Gasteiger partial charge in [0.25, 0.3) is 0 Å². The molecular weight excluding hydrogens is 440 g/mol. The van der Waals surface area contributed by atoms with Crippen molar-refractivity contribution in [1.82, 2.24) is 5.43 Å². The van der Waals surface area contributed by atoms with Crippen LogP contribution < -0.4 is 11.3 Å². The first kappa shape index (κ1) is 16.9. The summed E-state index contributed by atoms with van der Waals surface area (Å²) in [5.41, 5.74) is 2.02. The van der Waals surface area contributed by atoms with Crippen molar-refractivity contribution in [3.05, 3.63) is 54.3 Å². The van der Waals surface area contributed by atoms with Gasteiger partial charge >= 0.3 is 6.18 Å². The Morgan fingerprint density at radius 1 is 1.19 bits per heavy atom. The molecule has 0 fully saturated rings. The normalized spacial score (nSPS) is 13.5. The lowest BCUT2D eigenvalue weighted by atomic mass is 9.99. The fraction of sp³-hybridized carbons (Fsp3) is 0.167. The van der Waals surface area contributed by atoms with Crippen molar-refractivity contribution in [2.75, 3.05) is 0 Å². The number of thiophene rings is 1. The van der Waals surface area contributed by atoms with E-state index in [4.69, 9.17) is 5.84 Å². The molecule has 2 rings (SSSR count). The van der Waals surface area contributed by atoms with E-state index >= 15 is 0 Å². The fourth-order valence-electron chi connectivity index (χ4n) is 1.86. The molecule has 21 heavy (non-hydrogen) atoms. The van der Waals surface area contributed by atoms with Gasteiger partial charge in [-0.1, -0.05) is 6.07 Å². The number of nitrogens with one attached hydrogen (secondary N) is 1. The summed E-state index contributed by atoms with van der Waals surface area (Å²) in [7, 11) is 0. The summed E-state index contributed by atoms with van der Waals surface area (Å²) in [6.07, 6.45) is -4.76. The average molecular weight is 448 g/mol. The highest BCUT2D eigenvalue weighted by molar-refractivity contribution is 9.12. The van der Waals surface area contributed by atoms with Gasteiger partial charge < -0.3 is 0 Å². The molecule has 0 amide bonds. The van der Waals surface area contributed by atoms with Crippen LogP contribution in [0.3, 0.4) is 0 Å². The Balaban J connectivity index is 2.51. The standard InChI is InChI=1S/C12H8Br2F4N2S/c13-9-4-6(11(14)21-9)10(20-19)5-1-2-8(15)7(3-5)12(16,17)18/h1-4,10,20H,19H2. The maximum atomic E-state index is 13.3. The largest absolute Gasteiger partial charge is 0.419 e. The van der Waals surface area contributed by atoms with Crippen LogP contribution in [0.25, 0.3) is 0 Å². The molecule has 9 heteroatoms. The molecule has 2 nitrogen and oxygen atoms in total. The summed E-state index contributed by atoms with van der Waals surface area (Å²) in [6.45, 7) is 0. The monoisotopic (exact) mass is 446 g/mol. The number of halogens is 6. The highest BCUT2D eigenvalue weighted by Gasteiger charge is 2.35. The molecule has 1 heterocycles. The van der Waals surface area contributed by atoms with Crippen LogP contribution in [-0.2, 0) is 6.18 Å². The first-order valence-corrected chi connectivity index (χ1v) is 7.91. The van der Waals surface area contributed by atoms with E-state index in [-0.39, 0.29) is 5.56 Å². The molecule has 0 aliphatic carbocycles. The van der Waals surface area contributed by atoms with E-state index in [0.29, 0.717) is 5.56 Å². The third-order valence-electron chi connectivity index (χ3n) is 2.79. The van der Waals surface area contributed by atoms with Gasteiger partial charge in [0.1, 0.15) is 5.82 Å². The number of hydrazine groups is 1. The van der Waals surface area contributed by atoms with Gasteiger partial charge in [-0.25, -0.2) is 9.82 Å². The Labute approximate surface area is 138 Å². The minimum absolute atomic E-state index is 0.220. The summed E-state index contributed by atoms with van der Waals surface area (Å²) in [5.74, 6) is 4.14. The van der Waals surface area contributed by atoms with Gasteiger partial charge in [-0.3, -0.25) is 5.84 Å². The van der Waals surface area contributed by atoms with E-state index in [1.54, 1.807) is 6.07 Å². The molecule has 0 spiro atoms. The molecule has 0 bridgehead atoms. The van der Waals surface area contributed by atoms with Crippen LogP contribution in [0.2, 0.25) is 0 Å². The molecule has 0 saturated heterocycles. The lowest BCUT2D eigenvalue weighted by Gasteiger charge is -2.18. The number of hydrogen-bond acceptors (Lipinski definition) is 3. The topological polar surface area (TPSA) is 38.0 Å². The maximum absolute atomic E-state index is 13.3. The van der Waals surface area contributed by atoms with Crippen molar-refractivity contribution in [3.63, 3.8) is 0 Å². The quantitative estimate of drug-likeness (QED) is 0.395. The summed E-state index contributed by atoms with van der Waals surface area (Å²) < 4.78 is 53.2. The van der Waals surface area contributed by atoms with Crippen molar-refractivity contribution in [2.24, 2.45) is 5.84 Å². The molecule has 2 aromatic rings.